The highest BCUT2D eigenvalue weighted by atomic mass is 79.9. The predicted octanol–water partition coefficient (Wildman–Crippen LogP) is 4.09. The molecule has 0 N–H and O–H groups in total. The second kappa shape index (κ2) is 10.4. The Morgan fingerprint density at radius 2 is 1.94 bits per heavy atom. The molecule has 0 aliphatic carbocycles. The van der Waals surface area contributed by atoms with Crippen LogP contribution in [0.4, 0.5) is 4.79 Å². The summed E-state index contributed by atoms with van der Waals surface area (Å²) in [6.45, 7) is 1.46. The van der Waals surface area contributed by atoms with Gasteiger partial charge in [0.1, 0.15) is 13.2 Å². The number of aromatic nitrogens is 1. The summed E-state index contributed by atoms with van der Waals surface area (Å²) >= 11 is 4.33. The van der Waals surface area contributed by atoms with Crippen molar-refractivity contribution in [3.05, 3.63) is 57.2 Å². The Labute approximate surface area is 204 Å². The summed E-state index contributed by atoms with van der Waals surface area (Å²) in [6, 6.07) is 7.24. The van der Waals surface area contributed by atoms with Crippen LogP contribution in [0.1, 0.15) is 24.0 Å². The molecule has 33 heavy (non-hydrogen) atoms. The molecule has 2 aliphatic rings. The molecule has 0 unspecified atom stereocenters. The van der Waals surface area contributed by atoms with Crippen molar-refractivity contribution in [1.29, 1.82) is 0 Å². The van der Waals surface area contributed by atoms with E-state index in [9.17, 15) is 14.4 Å². The fraction of sp³-hybridized carbons (Fsp3) is 0.304. The van der Waals surface area contributed by atoms with Gasteiger partial charge in [0.2, 0.25) is 5.91 Å². The number of methoxy groups -OCH3 is 1. The lowest BCUT2D eigenvalue weighted by Gasteiger charge is -2.18. The quantitative estimate of drug-likeness (QED) is 0.497. The molecule has 1 aromatic carbocycles. The number of likely N-dealkylation sites (tertiary alicyclic amines) is 1. The Bertz CT molecular complexity index is 1100. The Morgan fingerprint density at radius 1 is 1.21 bits per heavy atom. The van der Waals surface area contributed by atoms with E-state index in [4.69, 9.17) is 9.47 Å². The van der Waals surface area contributed by atoms with Crippen molar-refractivity contribution in [2.75, 3.05) is 26.7 Å². The SMILES string of the molecule is COc1cc(/C=C2\SC(=O)N(CC(=O)N3CCCC3)C2=O)cc(Br)c1OCc1ccncc1. The van der Waals surface area contributed by atoms with Gasteiger partial charge < -0.3 is 14.4 Å². The molecule has 3 amide bonds. The predicted molar refractivity (Wildman–Crippen MR) is 128 cm³/mol. The summed E-state index contributed by atoms with van der Waals surface area (Å²) in [5.74, 6) is 0.339. The zero-order chi connectivity index (χ0) is 23.4. The molecule has 0 bridgehead atoms. The van der Waals surface area contributed by atoms with Gasteiger partial charge in [0, 0.05) is 25.5 Å². The van der Waals surface area contributed by atoms with Crippen LogP contribution in [-0.4, -0.2) is 58.6 Å². The standard InChI is InChI=1S/C23H22BrN3O5S/c1-31-18-11-16(10-17(24)21(18)32-14-15-4-6-25-7-5-15)12-19-22(29)27(23(30)33-19)13-20(28)26-8-2-3-9-26/h4-7,10-12H,2-3,8-9,13-14H2,1H3/b19-12-. The lowest BCUT2D eigenvalue weighted by atomic mass is 10.1. The summed E-state index contributed by atoms with van der Waals surface area (Å²) in [4.78, 5) is 44.6. The number of ether oxygens (including phenoxy) is 2. The summed E-state index contributed by atoms with van der Waals surface area (Å²) in [5, 5.41) is -0.442. The van der Waals surface area contributed by atoms with Gasteiger partial charge in [0.15, 0.2) is 11.5 Å². The van der Waals surface area contributed by atoms with Crippen LogP contribution in [0.5, 0.6) is 11.5 Å². The zero-order valence-corrected chi connectivity index (χ0v) is 20.4. The molecule has 2 saturated heterocycles. The average molecular weight is 532 g/mol. The monoisotopic (exact) mass is 531 g/mol. The number of hydrogen-bond acceptors (Lipinski definition) is 7. The van der Waals surface area contributed by atoms with E-state index in [0.717, 1.165) is 35.1 Å². The second-order valence-corrected chi connectivity index (χ2v) is 9.38. The van der Waals surface area contributed by atoms with Crippen molar-refractivity contribution in [2.45, 2.75) is 19.4 Å². The minimum Gasteiger partial charge on any atom is -0.493 e. The molecule has 0 saturated carbocycles. The van der Waals surface area contributed by atoms with Crippen molar-refractivity contribution < 1.29 is 23.9 Å². The molecule has 2 fully saturated rings. The molecule has 2 aliphatic heterocycles. The van der Waals surface area contributed by atoms with Crippen LogP contribution in [0.15, 0.2) is 46.0 Å². The molecule has 2 aromatic rings. The third-order valence-corrected chi connectivity index (χ3v) is 6.80. The first-order chi connectivity index (χ1) is 16.0. The highest BCUT2D eigenvalue weighted by Gasteiger charge is 2.37. The first-order valence-corrected chi connectivity index (χ1v) is 12.0. The topological polar surface area (TPSA) is 89.0 Å². The third-order valence-electron chi connectivity index (χ3n) is 5.31. The summed E-state index contributed by atoms with van der Waals surface area (Å²) < 4.78 is 12.0. The molecule has 3 heterocycles. The maximum absolute atomic E-state index is 12.8. The van der Waals surface area contributed by atoms with Crippen molar-refractivity contribution in [1.82, 2.24) is 14.8 Å². The number of pyridine rings is 1. The highest BCUT2D eigenvalue weighted by molar-refractivity contribution is 9.10. The van der Waals surface area contributed by atoms with E-state index in [0.29, 0.717) is 41.2 Å². The molecule has 0 atom stereocenters. The number of thioether (sulfide) groups is 1. The zero-order valence-electron chi connectivity index (χ0n) is 18.0. The molecular formula is C23H22BrN3O5S. The first kappa shape index (κ1) is 23.3. The minimum atomic E-state index is -0.467. The summed E-state index contributed by atoms with van der Waals surface area (Å²) in [7, 11) is 1.53. The molecule has 10 heteroatoms. The van der Waals surface area contributed by atoms with Crippen LogP contribution >= 0.6 is 27.7 Å². The van der Waals surface area contributed by atoms with Crippen LogP contribution in [0.3, 0.4) is 0 Å². The van der Waals surface area contributed by atoms with Crippen LogP contribution in [0, 0.1) is 0 Å². The van der Waals surface area contributed by atoms with E-state index in [1.807, 2.05) is 12.1 Å². The number of amides is 3. The van der Waals surface area contributed by atoms with Crippen molar-refractivity contribution in [3.8, 4) is 11.5 Å². The van der Waals surface area contributed by atoms with Crippen molar-refractivity contribution in [3.63, 3.8) is 0 Å². The van der Waals surface area contributed by atoms with Gasteiger partial charge in [-0.3, -0.25) is 24.3 Å². The van der Waals surface area contributed by atoms with Crippen LogP contribution in [-0.2, 0) is 16.2 Å². The first-order valence-electron chi connectivity index (χ1n) is 10.4. The largest absolute Gasteiger partial charge is 0.493 e. The number of hydrogen-bond donors (Lipinski definition) is 0. The van der Waals surface area contributed by atoms with Crippen LogP contribution < -0.4 is 9.47 Å². The van der Waals surface area contributed by atoms with E-state index in [2.05, 4.69) is 20.9 Å². The normalized spacial score (nSPS) is 17.2. The summed E-state index contributed by atoms with van der Waals surface area (Å²) in [6.07, 6.45) is 6.91. The maximum Gasteiger partial charge on any atom is 0.294 e. The van der Waals surface area contributed by atoms with E-state index < -0.39 is 11.1 Å². The van der Waals surface area contributed by atoms with Gasteiger partial charge in [-0.1, -0.05) is 0 Å². The molecule has 4 rings (SSSR count). The lowest BCUT2D eigenvalue weighted by Crippen LogP contribution is -2.40. The number of carbonyl (C=O) groups excluding carboxylic acids is 3. The average Bonchev–Trinajstić information content (AvgIpc) is 3.44. The van der Waals surface area contributed by atoms with Gasteiger partial charge in [0.25, 0.3) is 11.1 Å². The van der Waals surface area contributed by atoms with Crippen LogP contribution in [0.2, 0.25) is 0 Å². The van der Waals surface area contributed by atoms with Gasteiger partial charge in [-0.15, -0.1) is 0 Å². The number of nitrogens with zero attached hydrogens (tertiary/aromatic N) is 3. The van der Waals surface area contributed by atoms with Gasteiger partial charge in [0.05, 0.1) is 16.5 Å². The second-order valence-electron chi connectivity index (χ2n) is 7.53. The summed E-state index contributed by atoms with van der Waals surface area (Å²) in [5.41, 5.74) is 1.62. The molecule has 0 spiro atoms. The highest BCUT2D eigenvalue weighted by Crippen LogP contribution is 2.39. The number of rotatable bonds is 7. The number of carbonyl (C=O) groups is 3. The fourth-order valence-corrected chi connectivity index (χ4v) is 5.00. The van der Waals surface area contributed by atoms with E-state index in [1.54, 1.807) is 35.5 Å². The van der Waals surface area contributed by atoms with Gasteiger partial charge >= 0.3 is 0 Å². The van der Waals surface area contributed by atoms with Gasteiger partial charge in [-0.25, -0.2) is 0 Å². The van der Waals surface area contributed by atoms with Gasteiger partial charge in [-0.05, 0) is 82.0 Å². The Balaban J connectivity index is 1.49. The smallest absolute Gasteiger partial charge is 0.294 e. The molecule has 172 valence electrons. The lowest BCUT2D eigenvalue weighted by molar-refractivity contribution is -0.135. The van der Waals surface area contributed by atoms with E-state index in [-0.39, 0.29) is 17.4 Å². The molecule has 1 aromatic heterocycles. The number of imide groups is 1. The number of halogens is 1. The van der Waals surface area contributed by atoms with Crippen molar-refractivity contribution >= 4 is 50.8 Å². The number of benzene rings is 1. The Kier molecular flexibility index (Phi) is 7.34. The van der Waals surface area contributed by atoms with Crippen LogP contribution in [0.25, 0.3) is 6.08 Å². The Morgan fingerprint density at radius 3 is 2.64 bits per heavy atom. The Hall–Kier alpha value is -2.85. The van der Waals surface area contributed by atoms with E-state index in [1.165, 1.54) is 7.11 Å². The molecule has 0 radical (unpaired) electrons. The fourth-order valence-electron chi connectivity index (χ4n) is 3.59. The van der Waals surface area contributed by atoms with Crippen molar-refractivity contribution in [2.24, 2.45) is 0 Å². The van der Waals surface area contributed by atoms with Gasteiger partial charge in [-0.2, -0.15) is 0 Å². The maximum atomic E-state index is 12.8. The third kappa shape index (κ3) is 5.39. The molecular weight excluding hydrogens is 510 g/mol. The van der Waals surface area contributed by atoms with E-state index >= 15 is 0 Å². The minimum absolute atomic E-state index is 0.198. The molecule has 8 nitrogen and oxygen atoms in total.